The molecule has 2 aromatic rings. The first-order chi connectivity index (χ1) is 9.65. The molecular weight excluding hydrogens is 248 g/mol. The summed E-state index contributed by atoms with van der Waals surface area (Å²) in [6.45, 7) is 4.10. The van der Waals surface area contributed by atoms with E-state index in [1.807, 2.05) is 49.4 Å². The fraction of sp³-hybridized carbons (Fsp3) is 0.235. The van der Waals surface area contributed by atoms with Crippen LogP contribution < -0.4 is 10.6 Å². The highest BCUT2D eigenvalue weighted by molar-refractivity contribution is 5.89. The predicted molar refractivity (Wildman–Crippen MR) is 82.9 cm³/mol. The van der Waals surface area contributed by atoms with Crippen LogP contribution in [-0.4, -0.2) is 12.1 Å². The van der Waals surface area contributed by atoms with E-state index < -0.39 is 0 Å². The SMILES string of the molecule is Cc1ccccc1CC(C)NC(=O)Nc1ccccc1. The van der Waals surface area contributed by atoms with Gasteiger partial charge in [0.05, 0.1) is 0 Å². The molecule has 2 rings (SSSR count). The number of amides is 2. The number of nitrogens with one attached hydrogen (secondary N) is 2. The molecule has 1 unspecified atom stereocenters. The smallest absolute Gasteiger partial charge is 0.319 e. The minimum Gasteiger partial charge on any atom is -0.335 e. The highest BCUT2D eigenvalue weighted by Crippen LogP contribution is 2.10. The Morgan fingerprint density at radius 1 is 1.05 bits per heavy atom. The largest absolute Gasteiger partial charge is 0.335 e. The van der Waals surface area contributed by atoms with Crippen LogP contribution in [-0.2, 0) is 6.42 Å². The Morgan fingerprint density at radius 3 is 2.40 bits per heavy atom. The van der Waals surface area contributed by atoms with Gasteiger partial charge in [-0.2, -0.15) is 0 Å². The van der Waals surface area contributed by atoms with Crippen LogP contribution in [0, 0.1) is 6.92 Å². The van der Waals surface area contributed by atoms with Gasteiger partial charge in [0.25, 0.3) is 0 Å². The summed E-state index contributed by atoms with van der Waals surface area (Å²) in [5.74, 6) is 0. The summed E-state index contributed by atoms with van der Waals surface area (Å²) in [4.78, 5) is 11.9. The van der Waals surface area contributed by atoms with Gasteiger partial charge in [0, 0.05) is 11.7 Å². The normalized spacial score (nSPS) is 11.7. The van der Waals surface area contributed by atoms with Crippen LogP contribution in [0.5, 0.6) is 0 Å². The summed E-state index contributed by atoms with van der Waals surface area (Å²) in [6, 6.07) is 17.6. The Hall–Kier alpha value is -2.29. The number of carbonyl (C=O) groups is 1. The molecule has 0 heterocycles. The van der Waals surface area contributed by atoms with E-state index in [2.05, 4.69) is 29.7 Å². The molecule has 0 saturated carbocycles. The van der Waals surface area contributed by atoms with Crippen LogP contribution >= 0.6 is 0 Å². The van der Waals surface area contributed by atoms with Gasteiger partial charge in [-0.25, -0.2) is 4.79 Å². The van der Waals surface area contributed by atoms with Crippen LogP contribution in [0.15, 0.2) is 54.6 Å². The predicted octanol–water partition coefficient (Wildman–Crippen LogP) is 3.75. The average Bonchev–Trinajstić information content (AvgIpc) is 2.42. The first-order valence-corrected chi connectivity index (χ1v) is 6.82. The Balaban J connectivity index is 1.87. The van der Waals surface area contributed by atoms with Crippen LogP contribution in [0.2, 0.25) is 0 Å². The lowest BCUT2D eigenvalue weighted by molar-refractivity contribution is 0.249. The van der Waals surface area contributed by atoms with Crippen molar-refractivity contribution in [2.24, 2.45) is 0 Å². The Morgan fingerprint density at radius 2 is 1.70 bits per heavy atom. The zero-order valence-corrected chi connectivity index (χ0v) is 11.9. The number of hydrogen-bond acceptors (Lipinski definition) is 1. The van der Waals surface area contributed by atoms with E-state index in [9.17, 15) is 4.79 Å². The topological polar surface area (TPSA) is 41.1 Å². The third-order valence-electron chi connectivity index (χ3n) is 3.20. The fourth-order valence-corrected chi connectivity index (χ4v) is 2.13. The zero-order chi connectivity index (χ0) is 14.4. The van der Waals surface area contributed by atoms with Crippen molar-refractivity contribution in [1.82, 2.24) is 5.32 Å². The molecule has 0 radical (unpaired) electrons. The van der Waals surface area contributed by atoms with Gasteiger partial charge in [-0.15, -0.1) is 0 Å². The number of rotatable bonds is 4. The van der Waals surface area contributed by atoms with E-state index in [1.54, 1.807) is 0 Å². The summed E-state index contributed by atoms with van der Waals surface area (Å²) >= 11 is 0. The molecule has 0 aliphatic carbocycles. The number of urea groups is 1. The van der Waals surface area contributed by atoms with Crippen LogP contribution in [0.1, 0.15) is 18.1 Å². The average molecular weight is 268 g/mol. The number of anilines is 1. The van der Waals surface area contributed by atoms with Crippen molar-refractivity contribution in [3.8, 4) is 0 Å². The van der Waals surface area contributed by atoms with Crippen molar-refractivity contribution in [2.75, 3.05) is 5.32 Å². The van der Waals surface area contributed by atoms with Gasteiger partial charge in [-0.05, 0) is 43.5 Å². The molecule has 3 heteroatoms. The van der Waals surface area contributed by atoms with Crippen molar-refractivity contribution in [2.45, 2.75) is 26.3 Å². The molecule has 0 aliphatic rings. The second-order valence-corrected chi connectivity index (χ2v) is 5.00. The molecule has 104 valence electrons. The molecule has 0 aliphatic heterocycles. The highest BCUT2D eigenvalue weighted by Gasteiger charge is 2.09. The first kappa shape index (κ1) is 14.1. The summed E-state index contributed by atoms with van der Waals surface area (Å²) in [6.07, 6.45) is 0.828. The van der Waals surface area contributed by atoms with Crippen molar-refractivity contribution in [1.29, 1.82) is 0 Å². The molecule has 0 spiro atoms. The summed E-state index contributed by atoms with van der Waals surface area (Å²) in [5, 5.41) is 5.78. The maximum Gasteiger partial charge on any atom is 0.319 e. The summed E-state index contributed by atoms with van der Waals surface area (Å²) < 4.78 is 0. The maximum atomic E-state index is 11.9. The van der Waals surface area contributed by atoms with Gasteiger partial charge in [-0.1, -0.05) is 42.5 Å². The number of aryl methyl sites for hydroxylation is 1. The highest BCUT2D eigenvalue weighted by atomic mass is 16.2. The van der Waals surface area contributed by atoms with Gasteiger partial charge < -0.3 is 10.6 Å². The Labute approximate surface area is 120 Å². The third kappa shape index (κ3) is 4.12. The summed E-state index contributed by atoms with van der Waals surface area (Å²) in [5.41, 5.74) is 3.32. The van der Waals surface area contributed by atoms with Crippen molar-refractivity contribution >= 4 is 11.7 Å². The minimum atomic E-state index is -0.169. The second kappa shape index (κ2) is 6.75. The lowest BCUT2D eigenvalue weighted by Crippen LogP contribution is -2.37. The summed E-state index contributed by atoms with van der Waals surface area (Å²) in [7, 11) is 0. The molecule has 2 amide bonds. The third-order valence-corrected chi connectivity index (χ3v) is 3.20. The van der Waals surface area contributed by atoms with Gasteiger partial charge >= 0.3 is 6.03 Å². The zero-order valence-electron chi connectivity index (χ0n) is 11.9. The van der Waals surface area contributed by atoms with Crippen molar-refractivity contribution in [3.05, 3.63) is 65.7 Å². The molecule has 0 saturated heterocycles. The van der Waals surface area contributed by atoms with Crippen LogP contribution in [0.4, 0.5) is 10.5 Å². The Kier molecular flexibility index (Phi) is 4.77. The standard InChI is InChI=1S/C17H20N2O/c1-13-8-6-7-9-15(13)12-14(2)18-17(20)19-16-10-4-3-5-11-16/h3-11,14H,12H2,1-2H3,(H2,18,19,20). The molecule has 0 bridgehead atoms. The monoisotopic (exact) mass is 268 g/mol. The van der Waals surface area contributed by atoms with E-state index in [0.29, 0.717) is 0 Å². The number of benzene rings is 2. The molecule has 2 aromatic carbocycles. The van der Waals surface area contributed by atoms with E-state index in [-0.39, 0.29) is 12.1 Å². The molecular formula is C17H20N2O. The van der Waals surface area contributed by atoms with E-state index >= 15 is 0 Å². The number of hydrogen-bond donors (Lipinski definition) is 2. The Bertz CT molecular complexity index is 566. The molecule has 0 aromatic heterocycles. The molecule has 20 heavy (non-hydrogen) atoms. The van der Waals surface area contributed by atoms with E-state index in [0.717, 1.165) is 12.1 Å². The minimum absolute atomic E-state index is 0.0832. The quantitative estimate of drug-likeness (QED) is 0.871. The number of para-hydroxylation sites is 1. The van der Waals surface area contributed by atoms with Gasteiger partial charge in [0.15, 0.2) is 0 Å². The molecule has 2 N–H and O–H groups in total. The van der Waals surface area contributed by atoms with Crippen molar-refractivity contribution < 1.29 is 4.79 Å². The second-order valence-electron chi connectivity index (χ2n) is 5.00. The van der Waals surface area contributed by atoms with E-state index in [1.165, 1.54) is 11.1 Å². The van der Waals surface area contributed by atoms with E-state index in [4.69, 9.17) is 0 Å². The van der Waals surface area contributed by atoms with Crippen molar-refractivity contribution in [3.63, 3.8) is 0 Å². The van der Waals surface area contributed by atoms with Gasteiger partial charge in [0.2, 0.25) is 0 Å². The maximum absolute atomic E-state index is 11.9. The molecule has 3 nitrogen and oxygen atoms in total. The lowest BCUT2D eigenvalue weighted by atomic mass is 10.0. The van der Waals surface area contributed by atoms with Crippen LogP contribution in [0.3, 0.4) is 0 Å². The van der Waals surface area contributed by atoms with Gasteiger partial charge in [0.1, 0.15) is 0 Å². The fourth-order valence-electron chi connectivity index (χ4n) is 2.13. The van der Waals surface area contributed by atoms with Gasteiger partial charge in [-0.3, -0.25) is 0 Å². The first-order valence-electron chi connectivity index (χ1n) is 6.82. The van der Waals surface area contributed by atoms with Crippen LogP contribution in [0.25, 0.3) is 0 Å². The molecule has 0 fully saturated rings. The number of carbonyl (C=O) groups excluding carboxylic acids is 1. The molecule has 1 atom stereocenters. The lowest BCUT2D eigenvalue weighted by Gasteiger charge is -2.16.